The zero-order chi connectivity index (χ0) is 17.4. The largest absolute Gasteiger partial charge is 0.508 e. The number of carbonyl (C=O) groups is 1. The highest BCUT2D eigenvalue weighted by atomic mass is 32.2. The van der Waals surface area contributed by atoms with Gasteiger partial charge in [0.05, 0.1) is 0 Å². The molecule has 130 valence electrons. The lowest BCUT2D eigenvalue weighted by atomic mass is 9.85. The van der Waals surface area contributed by atoms with Gasteiger partial charge in [-0.3, -0.25) is 4.79 Å². The Morgan fingerprint density at radius 2 is 2.28 bits per heavy atom. The van der Waals surface area contributed by atoms with E-state index < -0.39 is 0 Å². The van der Waals surface area contributed by atoms with E-state index in [1.165, 1.54) is 0 Å². The number of nitrogens with zero attached hydrogens (tertiary/aromatic N) is 3. The molecule has 0 fully saturated rings. The smallest absolute Gasteiger partial charge is 0.227 e. The van der Waals surface area contributed by atoms with Crippen molar-refractivity contribution in [1.29, 1.82) is 0 Å². The van der Waals surface area contributed by atoms with Gasteiger partial charge in [-0.1, -0.05) is 30.8 Å². The van der Waals surface area contributed by atoms with Crippen molar-refractivity contribution in [3.8, 4) is 5.75 Å². The number of fused-ring (bicyclic) bond motifs is 1. The molecule has 1 atom stereocenters. The third-order valence-electron chi connectivity index (χ3n) is 4.47. The summed E-state index contributed by atoms with van der Waals surface area (Å²) < 4.78 is 1.79. The number of nitrogens with one attached hydrogen (secondary N) is 1. The fourth-order valence-electron chi connectivity index (χ4n) is 3.39. The van der Waals surface area contributed by atoms with Gasteiger partial charge in [0.15, 0.2) is 5.78 Å². The monoisotopic (exact) mass is 356 g/mol. The first-order chi connectivity index (χ1) is 12.2. The van der Waals surface area contributed by atoms with E-state index in [1.807, 2.05) is 6.07 Å². The summed E-state index contributed by atoms with van der Waals surface area (Å²) in [6.45, 7) is 2.12. The van der Waals surface area contributed by atoms with Crippen LogP contribution >= 0.6 is 11.8 Å². The molecule has 2 aromatic rings. The Labute approximate surface area is 150 Å². The van der Waals surface area contributed by atoms with Crippen LogP contribution in [0, 0.1) is 0 Å². The number of benzene rings is 1. The van der Waals surface area contributed by atoms with E-state index in [9.17, 15) is 9.90 Å². The molecule has 1 unspecified atom stereocenters. The molecule has 7 heteroatoms. The van der Waals surface area contributed by atoms with Gasteiger partial charge in [0.1, 0.15) is 11.8 Å². The highest BCUT2D eigenvalue weighted by Gasteiger charge is 2.36. The normalized spacial score (nSPS) is 19.4. The zero-order valence-electron chi connectivity index (χ0n) is 14.0. The predicted molar refractivity (Wildman–Crippen MR) is 96.8 cm³/mol. The van der Waals surface area contributed by atoms with Gasteiger partial charge in [-0.15, -0.1) is 5.10 Å². The lowest BCUT2D eigenvalue weighted by molar-refractivity contribution is -0.116. The van der Waals surface area contributed by atoms with E-state index in [4.69, 9.17) is 0 Å². The van der Waals surface area contributed by atoms with E-state index in [0.717, 1.165) is 41.8 Å². The summed E-state index contributed by atoms with van der Waals surface area (Å²) >= 11 is 1.61. The number of anilines is 1. The van der Waals surface area contributed by atoms with E-state index in [-0.39, 0.29) is 17.6 Å². The fourth-order valence-corrected chi connectivity index (χ4v) is 4.08. The predicted octanol–water partition coefficient (Wildman–Crippen LogP) is 3.51. The van der Waals surface area contributed by atoms with Gasteiger partial charge < -0.3 is 10.4 Å². The summed E-state index contributed by atoms with van der Waals surface area (Å²) in [4.78, 5) is 17.3. The number of carbonyl (C=O) groups excluding carboxylic acids is 1. The minimum Gasteiger partial charge on any atom is -0.508 e. The lowest BCUT2D eigenvalue weighted by Crippen LogP contribution is -2.31. The number of phenolic OH excluding ortho intramolecular Hbond substituents is 1. The van der Waals surface area contributed by atoms with Crippen molar-refractivity contribution < 1.29 is 9.90 Å². The first kappa shape index (κ1) is 16.2. The van der Waals surface area contributed by atoms with Crippen LogP contribution in [0.4, 0.5) is 5.95 Å². The minimum absolute atomic E-state index is 0.144. The van der Waals surface area contributed by atoms with Crippen LogP contribution in [0.5, 0.6) is 5.75 Å². The number of rotatable bonds is 4. The van der Waals surface area contributed by atoms with Gasteiger partial charge in [0, 0.05) is 23.4 Å². The fraction of sp³-hybridized carbons (Fsp3) is 0.389. The molecule has 4 rings (SSSR count). The number of Topliss-reactive ketones (excluding diaryl/α,β-unsaturated/α-hetero) is 1. The number of phenols is 1. The number of hydrogen-bond donors (Lipinski definition) is 2. The lowest BCUT2D eigenvalue weighted by Gasteiger charge is -2.32. The van der Waals surface area contributed by atoms with Crippen LogP contribution in [0.25, 0.3) is 0 Å². The minimum atomic E-state index is -0.338. The molecule has 2 aliphatic rings. The van der Waals surface area contributed by atoms with Crippen LogP contribution < -0.4 is 5.32 Å². The Balaban J connectivity index is 1.83. The maximum absolute atomic E-state index is 12.7. The first-order valence-electron chi connectivity index (χ1n) is 8.59. The molecular formula is C18H20N4O2S. The van der Waals surface area contributed by atoms with E-state index in [0.29, 0.717) is 17.5 Å². The molecule has 0 amide bonds. The van der Waals surface area contributed by atoms with Crippen LogP contribution in [-0.2, 0) is 4.79 Å². The van der Waals surface area contributed by atoms with Crippen molar-refractivity contribution >= 4 is 23.5 Å². The summed E-state index contributed by atoms with van der Waals surface area (Å²) in [5.74, 6) is 1.95. The molecule has 2 heterocycles. The second kappa shape index (κ2) is 6.55. The molecule has 0 spiro atoms. The maximum Gasteiger partial charge on any atom is 0.227 e. The van der Waals surface area contributed by atoms with Crippen LogP contribution in [0.2, 0.25) is 0 Å². The Bertz CT molecular complexity index is 859. The Morgan fingerprint density at radius 3 is 3.08 bits per heavy atom. The van der Waals surface area contributed by atoms with Crippen molar-refractivity contribution in [3.05, 3.63) is 41.1 Å². The van der Waals surface area contributed by atoms with Crippen molar-refractivity contribution in [1.82, 2.24) is 14.8 Å². The van der Waals surface area contributed by atoms with Crippen molar-refractivity contribution in [3.63, 3.8) is 0 Å². The molecular weight excluding hydrogens is 336 g/mol. The van der Waals surface area contributed by atoms with Crippen LogP contribution in [0.15, 0.2) is 40.7 Å². The zero-order valence-corrected chi connectivity index (χ0v) is 14.8. The summed E-state index contributed by atoms with van der Waals surface area (Å²) in [6, 6.07) is 6.71. The number of thioether (sulfide) groups is 1. The summed E-state index contributed by atoms with van der Waals surface area (Å²) in [7, 11) is 0. The second-order valence-corrected chi connectivity index (χ2v) is 7.36. The molecule has 1 aliphatic carbocycles. The van der Waals surface area contributed by atoms with Crippen LogP contribution in [0.3, 0.4) is 0 Å². The van der Waals surface area contributed by atoms with Gasteiger partial charge in [-0.05, 0) is 37.0 Å². The molecule has 25 heavy (non-hydrogen) atoms. The SMILES string of the molecule is CCCSc1nc2n(n1)C(c1cccc(O)c1)C1=C(CCCC1=O)N2. The molecule has 2 N–H and O–H groups in total. The quantitative estimate of drug-likeness (QED) is 0.816. The third-order valence-corrected chi connectivity index (χ3v) is 5.51. The Morgan fingerprint density at radius 1 is 1.40 bits per heavy atom. The van der Waals surface area contributed by atoms with Crippen molar-refractivity contribution in [2.75, 3.05) is 11.1 Å². The number of aromatic nitrogens is 3. The van der Waals surface area contributed by atoms with Gasteiger partial charge in [0.25, 0.3) is 0 Å². The number of allylic oxidation sites excluding steroid dienone is 2. The molecule has 1 aromatic carbocycles. The highest BCUT2D eigenvalue weighted by Crippen LogP contribution is 2.41. The first-order valence-corrected chi connectivity index (χ1v) is 9.57. The number of aromatic hydroxyl groups is 1. The standard InChI is InChI=1S/C18H20N4O2S/c1-2-9-25-18-20-17-19-13-7-4-8-14(24)15(13)16(22(17)21-18)11-5-3-6-12(23)10-11/h3,5-6,10,16,23H,2,4,7-9H2,1H3,(H,19,20,21). The summed E-state index contributed by atoms with van der Waals surface area (Å²) in [5, 5.41) is 18.6. The van der Waals surface area contributed by atoms with E-state index in [1.54, 1.807) is 34.6 Å². The van der Waals surface area contributed by atoms with Gasteiger partial charge in [-0.25, -0.2) is 4.68 Å². The van der Waals surface area contributed by atoms with Gasteiger partial charge >= 0.3 is 0 Å². The number of ketones is 1. The van der Waals surface area contributed by atoms with Crippen LogP contribution in [-0.4, -0.2) is 31.4 Å². The van der Waals surface area contributed by atoms with E-state index in [2.05, 4.69) is 22.3 Å². The molecule has 0 radical (unpaired) electrons. The van der Waals surface area contributed by atoms with E-state index >= 15 is 0 Å². The second-order valence-electron chi connectivity index (χ2n) is 6.30. The van der Waals surface area contributed by atoms with Gasteiger partial charge in [0.2, 0.25) is 11.1 Å². The average molecular weight is 356 g/mol. The molecule has 0 saturated heterocycles. The molecule has 0 bridgehead atoms. The highest BCUT2D eigenvalue weighted by molar-refractivity contribution is 7.99. The summed E-state index contributed by atoms with van der Waals surface area (Å²) in [6.07, 6.45) is 3.28. The topological polar surface area (TPSA) is 80.0 Å². The molecule has 6 nitrogen and oxygen atoms in total. The van der Waals surface area contributed by atoms with Crippen molar-refractivity contribution in [2.24, 2.45) is 0 Å². The molecule has 1 aromatic heterocycles. The Hall–Kier alpha value is -2.28. The molecule has 1 aliphatic heterocycles. The van der Waals surface area contributed by atoms with Crippen LogP contribution in [0.1, 0.15) is 44.2 Å². The third kappa shape index (κ3) is 2.93. The average Bonchev–Trinajstić information content (AvgIpc) is 3.00. The maximum atomic E-state index is 12.7. The van der Waals surface area contributed by atoms with Crippen molar-refractivity contribution in [2.45, 2.75) is 43.8 Å². The van der Waals surface area contributed by atoms with Gasteiger partial charge in [-0.2, -0.15) is 4.98 Å². The molecule has 0 saturated carbocycles. The summed E-state index contributed by atoms with van der Waals surface area (Å²) in [5.41, 5.74) is 2.54. The number of hydrogen-bond acceptors (Lipinski definition) is 6. The Kier molecular flexibility index (Phi) is 4.25.